The van der Waals surface area contributed by atoms with Crippen LogP contribution in [0.3, 0.4) is 0 Å². The van der Waals surface area contributed by atoms with Crippen molar-refractivity contribution in [3.05, 3.63) is 28.2 Å². The molecule has 0 bridgehead atoms. The van der Waals surface area contributed by atoms with Crippen molar-refractivity contribution in [2.24, 2.45) is 0 Å². The maximum Gasteiger partial charge on any atom is 0.0992 e. The van der Waals surface area contributed by atoms with Crippen LogP contribution in [0.25, 0.3) is 0 Å². The van der Waals surface area contributed by atoms with Crippen LogP contribution in [0.1, 0.15) is 37.7 Å². The first-order valence-electron chi connectivity index (χ1n) is 7.47. The van der Waals surface area contributed by atoms with E-state index in [1.54, 1.807) is 0 Å². The molecule has 2 aliphatic rings. The summed E-state index contributed by atoms with van der Waals surface area (Å²) in [5.41, 5.74) is 1.95. The topological polar surface area (TPSA) is 39.1 Å². The highest BCUT2D eigenvalue weighted by Gasteiger charge is 2.32. The Morgan fingerprint density at radius 1 is 1.30 bits per heavy atom. The number of hydrogen-bond acceptors (Lipinski definition) is 3. The highest BCUT2D eigenvalue weighted by atomic mass is 79.9. The van der Waals surface area contributed by atoms with Gasteiger partial charge in [0.2, 0.25) is 0 Å². The van der Waals surface area contributed by atoms with Gasteiger partial charge >= 0.3 is 0 Å². The average molecular weight is 334 g/mol. The number of nitriles is 1. The first kappa shape index (κ1) is 13.9. The van der Waals surface area contributed by atoms with Crippen LogP contribution in [0, 0.1) is 11.3 Å². The first-order valence-corrected chi connectivity index (χ1v) is 8.27. The molecule has 1 unspecified atom stereocenters. The van der Waals surface area contributed by atoms with E-state index in [9.17, 15) is 0 Å². The quantitative estimate of drug-likeness (QED) is 0.917. The second-order valence-electron chi connectivity index (χ2n) is 5.81. The van der Waals surface area contributed by atoms with Gasteiger partial charge in [0.05, 0.1) is 17.3 Å². The van der Waals surface area contributed by atoms with Crippen LogP contribution in [-0.2, 0) is 0 Å². The number of nitrogens with one attached hydrogen (secondary N) is 1. The van der Waals surface area contributed by atoms with Gasteiger partial charge in [0, 0.05) is 23.1 Å². The standard InChI is InChI=1S/C16H20BrN3/c17-15-9-12(10-18)4-7-16(15)20(14-5-6-14)11-13-3-1-2-8-19-13/h4,7,9,13-14,19H,1-3,5-6,8,11H2. The fourth-order valence-electron chi connectivity index (χ4n) is 2.96. The number of anilines is 1. The van der Waals surface area contributed by atoms with Gasteiger partial charge in [0.1, 0.15) is 0 Å². The summed E-state index contributed by atoms with van der Waals surface area (Å²) in [6.45, 7) is 2.23. The minimum absolute atomic E-state index is 0.604. The Hall–Kier alpha value is -1.05. The Balaban J connectivity index is 1.78. The molecule has 1 N–H and O–H groups in total. The van der Waals surface area contributed by atoms with Crippen LogP contribution >= 0.6 is 15.9 Å². The van der Waals surface area contributed by atoms with Crippen molar-refractivity contribution in [1.82, 2.24) is 5.32 Å². The molecule has 0 amide bonds. The van der Waals surface area contributed by atoms with Crippen molar-refractivity contribution >= 4 is 21.6 Å². The molecular formula is C16H20BrN3. The van der Waals surface area contributed by atoms with Crippen molar-refractivity contribution in [1.29, 1.82) is 5.26 Å². The summed E-state index contributed by atoms with van der Waals surface area (Å²) in [6.07, 6.45) is 6.50. The normalized spacial score (nSPS) is 22.3. The lowest BCUT2D eigenvalue weighted by Crippen LogP contribution is -2.44. The molecule has 1 saturated carbocycles. The van der Waals surface area contributed by atoms with E-state index >= 15 is 0 Å². The van der Waals surface area contributed by atoms with Crippen molar-refractivity contribution in [3.8, 4) is 6.07 Å². The van der Waals surface area contributed by atoms with E-state index in [0.717, 1.165) is 17.6 Å². The molecule has 1 aromatic carbocycles. The Kier molecular flexibility index (Phi) is 4.28. The van der Waals surface area contributed by atoms with Crippen LogP contribution in [0.5, 0.6) is 0 Å². The zero-order chi connectivity index (χ0) is 13.9. The third-order valence-corrected chi connectivity index (χ3v) is 4.84. The van der Waals surface area contributed by atoms with Gasteiger partial charge in [-0.2, -0.15) is 5.26 Å². The van der Waals surface area contributed by atoms with Crippen LogP contribution < -0.4 is 10.2 Å². The van der Waals surface area contributed by atoms with Gasteiger partial charge in [-0.3, -0.25) is 0 Å². The molecule has 0 aromatic heterocycles. The van der Waals surface area contributed by atoms with E-state index in [1.165, 1.54) is 37.8 Å². The Morgan fingerprint density at radius 2 is 2.15 bits per heavy atom. The maximum absolute atomic E-state index is 8.98. The second-order valence-corrected chi connectivity index (χ2v) is 6.66. The number of piperidine rings is 1. The molecule has 1 atom stereocenters. The highest BCUT2D eigenvalue weighted by Crippen LogP contribution is 2.36. The van der Waals surface area contributed by atoms with E-state index in [2.05, 4.69) is 38.3 Å². The molecule has 4 heteroatoms. The van der Waals surface area contributed by atoms with E-state index in [-0.39, 0.29) is 0 Å². The molecular weight excluding hydrogens is 314 g/mol. The van der Waals surface area contributed by atoms with Gasteiger partial charge in [-0.05, 0) is 66.4 Å². The van der Waals surface area contributed by atoms with E-state index in [0.29, 0.717) is 17.6 Å². The smallest absolute Gasteiger partial charge is 0.0992 e. The van der Waals surface area contributed by atoms with E-state index < -0.39 is 0 Å². The van der Waals surface area contributed by atoms with Gasteiger partial charge in [-0.15, -0.1) is 0 Å². The van der Waals surface area contributed by atoms with Crippen molar-refractivity contribution in [2.45, 2.75) is 44.2 Å². The van der Waals surface area contributed by atoms with Gasteiger partial charge in [-0.25, -0.2) is 0 Å². The SMILES string of the molecule is N#Cc1ccc(N(CC2CCCCN2)C2CC2)c(Br)c1. The number of halogens is 1. The molecule has 2 fully saturated rings. The third-order valence-electron chi connectivity index (χ3n) is 4.20. The predicted octanol–water partition coefficient (Wildman–Crippen LogP) is 3.43. The summed E-state index contributed by atoms with van der Waals surface area (Å²) >= 11 is 3.64. The number of rotatable bonds is 4. The van der Waals surface area contributed by atoms with Crippen molar-refractivity contribution in [2.75, 3.05) is 18.0 Å². The molecule has 1 heterocycles. The molecule has 1 aliphatic heterocycles. The Bertz CT molecular complexity index is 513. The summed E-state index contributed by atoms with van der Waals surface area (Å²) in [5.74, 6) is 0. The largest absolute Gasteiger partial charge is 0.366 e. The average Bonchev–Trinajstić information content (AvgIpc) is 3.31. The summed E-state index contributed by atoms with van der Waals surface area (Å²) in [4.78, 5) is 2.52. The maximum atomic E-state index is 8.98. The molecule has 20 heavy (non-hydrogen) atoms. The van der Waals surface area contributed by atoms with Crippen LogP contribution in [0.2, 0.25) is 0 Å². The Labute approximate surface area is 129 Å². The highest BCUT2D eigenvalue weighted by molar-refractivity contribution is 9.10. The van der Waals surface area contributed by atoms with Gasteiger partial charge in [-0.1, -0.05) is 6.42 Å². The van der Waals surface area contributed by atoms with Crippen molar-refractivity contribution in [3.63, 3.8) is 0 Å². The van der Waals surface area contributed by atoms with Crippen LogP contribution in [0.15, 0.2) is 22.7 Å². The lowest BCUT2D eigenvalue weighted by atomic mass is 10.0. The fourth-order valence-corrected chi connectivity index (χ4v) is 3.56. The summed E-state index contributed by atoms with van der Waals surface area (Å²) in [7, 11) is 0. The number of benzene rings is 1. The number of nitrogens with zero attached hydrogens (tertiary/aromatic N) is 2. The summed E-state index contributed by atoms with van der Waals surface area (Å²) < 4.78 is 1.04. The molecule has 0 spiro atoms. The minimum Gasteiger partial charge on any atom is -0.366 e. The first-order chi connectivity index (χ1) is 9.78. The van der Waals surface area contributed by atoms with Crippen LogP contribution in [0.4, 0.5) is 5.69 Å². The molecule has 0 radical (unpaired) electrons. The van der Waals surface area contributed by atoms with Crippen LogP contribution in [-0.4, -0.2) is 25.2 Å². The van der Waals surface area contributed by atoms with E-state index in [4.69, 9.17) is 5.26 Å². The second kappa shape index (κ2) is 6.15. The fraction of sp³-hybridized carbons (Fsp3) is 0.562. The van der Waals surface area contributed by atoms with E-state index in [1.807, 2.05) is 12.1 Å². The predicted molar refractivity (Wildman–Crippen MR) is 84.9 cm³/mol. The van der Waals surface area contributed by atoms with Gasteiger partial charge < -0.3 is 10.2 Å². The lowest BCUT2D eigenvalue weighted by molar-refractivity contribution is 0.398. The third kappa shape index (κ3) is 3.16. The summed E-state index contributed by atoms with van der Waals surface area (Å²) in [6, 6.07) is 9.42. The van der Waals surface area contributed by atoms with Crippen molar-refractivity contribution < 1.29 is 0 Å². The molecule has 1 aliphatic carbocycles. The molecule has 3 nitrogen and oxygen atoms in total. The Morgan fingerprint density at radius 3 is 2.75 bits per heavy atom. The molecule has 1 aromatic rings. The summed E-state index contributed by atoms with van der Waals surface area (Å²) in [5, 5.41) is 12.6. The lowest BCUT2D eigenvalue weighted by Gasteiger charge is -2.33. The molecule has 1 saturated heterocycles. The van der Waals surface area contributed by atoms with Gasteiger partial charge in [0.15, 0.2) is 0 Å². The monoisotopic (exact) mass is 333 g/mol. The molecule has 106 valence electrons. The zero-order valence-electron chi connectivity index (χ0n) is 11.6. The van der Waals surface area contributed by atoms with Gasteiger partial charge in [0.25, 0.3) is 0 Å². The molecule has 3 rings (SSSR count). The number of hydrogen-bond donors (Lipinski definition) is 1. The zero-order valence-corrected chi connectivity index (χ0v) is 13.2. The minimum atomic E-state index is 0.604.